The van der Waals surface area contributed by atoms with E-state index in [-0.39, 0.29) is 12.1 Å². The van der Waals surface area contributed by atoms with Crippen LogP contribution >= 0.6 is 0 Å². The van der Waals surface area contributed by atoms with Crippen LogP contribution in [0.1, 0.15) is 51.8 Å². The Bertz CT molecular complexity index is 377. The van der Waals surface area contributed by atoms with Crippen LogP contribution in [0, 0.1) is 5.92 Å². The van der Waals surface area contributed by atoms with Gasteiger partial charge in [0.05, 0.1) is 12.6 Å². The molecular formula is C14H26N4O. The van der Waals surface area contributed by atoms with Gasteiger partial charge < -0.3 is 10.4 Å². The van der Waals surface area contributed by atoms with Crippen molar-refractivity contribution in [2.45, 2.75) is 71.2 Å². The van der Waals surface area contributed by atoms with E-state index in [0.717, 1.165) is 31.6 Å². The van der Waals surface area contributed by atoms with Gasteiger partial charge in [-0.2, -0.15) is 5.10 Å². The van der Waals surface area contributed by atoms with Crippen molar-refractivity contribution in [1.29, 1.82) is 0 Å². The van der Waals surface area contributed by atoms with Gasteiger partial charge in [0, 0.05) is 12.6 Å². The normalized spacial score (nSPS) is 24.6. The molecule has 0 bridgehead atoms. The molecule has 19 heavy (non-hydrogen) atoms. The Morgan fingerprint density at radius 1 is 1.37 bits per heavy atom. The Kier molecular flexibility index (Phi) is 5.34. The van der Waals surface area contributed by atoms with Gasteiger partial charge in [-0.1, -0.05) is 33.1 Å². The van der Waals surface area contributed by atoms with E-state index >= 15 is 0 Å². The van der Waals surface area contributed by atoms with Gasteiger partial charge in [0.15, 0.2) is 0 Å². The summed E-state index contributed by atoms with van der Waals surface area (Å²) in [5, 5.41) is 17.8. The minimum atomic E-state index is -0.219. The van der Waals surface area contributed by atoms with E-state index in [4.69, 9.17) is 0 Å². The topological polar surface area (TPSA) is 63.0 Å². The smallest absolute Gasteiger partial charge is 0.140 e. The Morgan fingerprint density at radius 2 is 2.16 bits per heavy atom. The second kappa shape index (κ2) is 7.01. The molecule has 108 valence electrons. The Hall–Kier alpha value is -0.940. The van der Waals surface area contributed by atoms with Gasteiger partial charge in [0.2, 0.25) is 0 Å². The maximum Gasteiger partial charge on any atom is 0.140 e. The van der Waals surface area contributed by atoms with Gasteiger partial charge in [-0.05, 0) is 18.8 Å². The molecular weight excluding hydrogens is 240 g/mol. The van der Waals surface area contributed by atoms with Crippen LogP contribution in [0.5, 0.6) is 0 Å². The van der Waals surface area contributed by atoms with Crippen LogP contribution < -0.4 is 5.32 Å². The molecule has 0 radical (unpaired) electrons. The van der Waals surface area contributed by atoms with Crippen molar-refractivity contribution >= 4 is 0 Å². The first-order valence-electron chi connectivity index (χ1n) is 7.45. The summed E-state index contributed by atoms with van der Waals surface area (Å²) in [6.07, 6.45) is 6.94. The van der Waals surface area contributed by atoms with Gasteiger partial charge in [0.1, 0.15) is 12.2 Å². The highest BCUT2D eigenvalue weighted by molar-refractivity contribution is 4.87. The van der Waals surface area contributed by atoms with Gasteiger partial charge >= 0.3 is 0 Å². The lowest BCUT2D eigenvalue weighted by molar-refractivity contribution is 0.118. The molecule has 1 saturated carbocycles. The zero-order valence-corrected chi connectivity index (χ0v) is 12.0. The lowest BCUT2D eigenvalue weighted by Crippen LogP contribution is -2.39. The maximum absolute atomic E-state index is 10.1. The molecule has 2 atom stereocenters. The van der Waals surface area contributed by atoms with Gasteiger partial charge in [-0.15, -0.1) is 0 Å². The summed E-state index contributed by atoms with van der Waals surface area (Å²) in [5.74, 6) is 1.52. The van der Waals surface area contributed by atoms with E-state index in [2.05, 4.69) is 29.2 Å². The number of rotatable bonds is 5. The van der Waals surface area contributed by atoms with Crippen molar-refractivity contribution in [3.63, 3.8) is 0 Å². The van der Waals surface area contributed by atoms with E-state index in [1.54, 1.807) is 6.33 Å². The van der Waals surface area contributed by atoms with E-state index in [9.17, 15) is 5.11 Å². The number of aromatic nitrogens is 3. The first-order valence-corrected chi connectivity index (χ1v) is 7.45. The summed E-state index contributed by atoms with van der Waals surface area (Å²) in [6.45, 7) is 5.93. The number of nitrogens with one attached hydrogen (secondary N) is 1. The highest BCUT2D eigenvalue weighted by Crippen LogP contribution is 2.18. The number of aliphatic hydroxyl groups is 1. The number of hydrogen-bond donors (Lipinski definition) is 2. The van der Waals surface area contributed by atoms with Crippen molar-refractivity contribution in [3.8, 4) is 0 Å². The van der Waals surface area contributed by atoms with E-state index in [1.807, 2.05) is 4.68 Å². The quantitative estimate of drug-likeness (QED) is 0.797. The van der Waals surface area contributed by atoms with Crippen molar-refractivity contribution in [2.24, 2.45) is 5.92 Å². The Labute approximate surface area is 115 Å². The minimum absolute atomic E-state index is 0.201. The average molecular weight is 266 g/mol. The minimum Gasteiger partial charge on any atom is -0.392 e. The van der Waals surface area contributed by atoms with Crippen LogP contribution in [0.25, 0.3) is 0 Å². The van der Waals surface area contributed by atoms with Crippen LogP contribution in [0.15, 0.2) is 6.33 Å². The third-order valence-electron chi connectivity index (χ3n) is 3.74. The van der Waals surface area contributed by atoms with E-state index < -0.39 is 0 Å². The fraction of sp³-hybridized carbons (Fsp3) is 0.857. The van der Waals surface area contributed by atoms with Crippen molar-refractivity contribution < 1.29 is 5.11 Å². The lowest BCUT2D eigenvalue weighted by atomic mass is 10.1. The van der Waals surface area contributed by atoms with E-state index in [0.29, 0.717) is 12.5 Å². The molecule has 5 nitrogen and oxygen atoms in total. The predicted octanol–water partition coefficient (Wildman–Crippen LogP) is 1.72. The van der Waals surface area contributed by atoms with Crippen LogP contribution in [0.4, 0.5) is 0 Å². The summed E-state index contributed by atoms with van der Waals surface area (Å²) in [5.41, 5.74) is 0. The molecule has 0 saturated heterocycles. The number of nitrogens with zero attached hydrogens (tertiary/aromatic N) is 3. The van der Waals surface area contributed by atoms with Crippen molar-refractivity contribution in [3.05, 3.63) is 12.2 Å². The molecule has 0 aliphatic heterocycles. The fourth-order valence-electron chi connectivity index (χ4n) is 2.67. The molecule has 1 aliphatic rings. The van der Waals surface area contributed by atoms with Gasteiger partial charge in [-0.25, -0.2) is 9.67 Å². The van der Waals surface area contributed by atoms with Crippen LogP contribution in [-0.4, -0.2) is 32.0 Å². The van der Waals surface area contributed by atoms with Crippen LogP contribution in [-0.2, 0) is 13.1 Å². The highest BCUT2D eigenvalue weighted by atomic mass is 16.3. The SMILES string of the molecule is CC(C)Cn1ncnc1CNC1CCCCCC1O. The monoisotopic (exact) mass is 266 g/mol. The first-order chi connectivity index (χ1) is 9.16. The summed E-state index contributed by atoms with van der Waals surface area (Å²) in [4.78, 5) is 4.31. The van der Waals surface area contributed by atoms with E-state index in [1.165, 1.54) is 12.8 Å². The maximum atomic E-state index is 10.1. The Balaban J connectivity index is 1.88. The zero-order chi connectivity index (χ0) is 13.7. The predicted molar refractivity (Wildman–Crippen MR) is 74.6 cm³/mol. The lowest BCUT2D eigenvalue weighted by Gasteiger charge is -2.21. The summed E-state index contributed by atoms with van der Waals surface area (Å²) >= 11 is 0. The summed E-state index contributed by atoms with van der Waals surface area (Å²) < 4.78 is 1.96. The van der Waals surface area contributed by atoms with Crippen molar-refractivity contribution in [1.82, 2.24) is 20.1 Å². The zero-order valence-electron chi connectivity index (χ0n) is 12.0. The molecule has 2 N–H and O–H groups in total. The highest BCUT2D eigenvalue weighted by Gasteiger charge is 2.21. The van der Waals surface area contributed by atoms with Crippen LogP contribution in [0.3, 0.4) is 0 Å². The molecule has 1 fully saturated rings. The summed E-state index contributed by atoms with van der Waals surface area (Å²) in [6, 6.07) is 0.201. The summed E-state index contributed by atoms with van der Waals surface area (Å²) in [7, 11) is 0. The number of hydrogen-bond acceptors (Lipinski definition) is 4. The van der Waals surface area contributed by atoms with Crippen LogP contribution in [0.2, 0.25) is 0 Å². The standard InChI is InChI=1S/C14H26N4O/c1-11(2)9-18-14(16-10-17-18)8-15-12-6-4-3-5-7-13(12)19/h10-13,15,19H,3-9H2,1-2H3. The van der Waals surface area contributed by atoms with Gasteiger partial charge in [0.25, 0.3) is 0 Å². The molecule has 1 aromatic heterocycles. The molecule has 1 aliphatic carbocycles. The molecule has 2 unspecified atom stereocenters. The average Bonchev–Trinajstić information content (AvgIpc) is 2.68. The molecule has 2 rings (SSSR count). The first kappa shape index (κ1) is 14.5. The number of aliphatic hydroxyl groups excluding tert-OH is 1. The third kappa shape index (κ3) is 4.28. The van der Waals surface area contributed by atoms with Gasteiger partial charge in [-0.3, -0.25) is 0 Å². The molecule has 0 aromatic carbocycles. The largest absolute Gasteiger partial charge is 0.392 e. The third-order valence-corrected chi connectivity index (χ3v) is 3.74. The van der Waals surface area contributed by atoms with Crippen molar-refractivity contribution in [2.75, 3.05) is 0 Å². The second-order valence-corrected chi connectivity index (χ2v) is 5.94. The molecule has 1 heterocycles. The molecule has 0 amide bonds. The second-order valence-electron chi connectivity index (χ2n) is 5.94. The molecule has 0 spiro atoms. The molecule has 5 heteroatoms. The molecule has 1 aromatic rings. The Morgan fingerprint density at radius 3 is 2.95 bits per heavy atom. The fourth-order valence-corrected chi connectivity index (χ4v) is 2.67.